The topological polar surface area (TPSA) is 88.3 Å². The van der Waals surface area contributed by atoms with Gasteiger partial charge in [0.2, 0.25) is 5.91 Å². The van der Waals surface area contributed by atoms with Gasteiger partial charge in [-0.25, -0.2) is 9.78 Å². The maximum Gasteiger partial charge on any atom is 0.330 e. The second kappa shape index (κ2) is 10.4. The molecule has 34 heavy (non-hydrogen) atoms. The van der Waals surface area contributed by atoms with Crippen molar-refractivity contribution in [2.45, 2.75) is 32.2 Å². The highest BCUT2D eigenvalue weighted by molar-refractivity contribution is 5.92. The zero-order valence-corrected chi connectivity index (χ0v) is 20.6. The fourth-order valence-electron chi connectivity index (χ4n) is 4.65. The van der Waals surface area contributed by atoms with Gasteiger partial charge < -0.3 is 15.1 Å². The molecular weight excluding hydrogens is 430 g/mol. The van der Waals surface area contributed by atoms with Gasteiger partial charge in [-0.1, -0.05) is 0 Å². The number of hydrogen-bond acceptors (Lipinski definition) is 6. The van der Waals surface area contributed by atoms with Gasteiger partial charge in [-0.2, -0.15) is 0 Å². The van der Waals surface area contributed by atoms with Crippen LogP contribution in [0.5, 0.6) is 0 Å². The Morgan fingerprint density at radius 3 is 2.44 bits per heavy atom. The summed E-state index contributed by atoms with van der Waals surface area (Å²) in [5, 5.41) is 2.99. The van der Waals surface area contributed by atoms with Gasteiger partial charge in [0.1, 0.15) is 5.82 Å². The van der Waals surface area contributed by atoms with Crippen LogP contribution in [0, 0.1) is 11.8 Å². The van der Waals surface area contributed by atoms with E-state index in [0.717, 1.165) is 61.4 Å². The molecule has 0 unspecified atom stereocenters. The molecule has 3 heterocycles. The number of anilines is 2. The molecule has 3 aromatic heterocycles. The molecule has 1 amide bonds. The van der Waals surface area contributed by atoms with Crippen LogP contribution in [0.4, 0.5) is 11.5 Å². The minimum Gasteiger partial charge on any atom is -0.358 e. The first-order valence-electron chi connectivity index (χ1n) is 12.0. The predicted octanol–water partition coefficient (Wildman–Crippen LogP) is 2.57. The smallest absolute Gasteiger partial charge is 0.330 e. The second-order valence-corrected chi connectivity index (χ2v) is 9.63. The van der Waals surface area contributed by atoms with E-state index in [4.69, 9.17) is 4.98 Å². The molecule has 0 bridgehead atoms. The van der Waals surface area contributed by atoms with Crippen molar-refractivity contribution in [3.05, 3.63) is 47.1 Å². The molecule has 0 spiro atoms. The van der Waals surface area contributed by atoms with Crippen LogP contribution in [0.1, 0.15) is 25.7 Å². The van der Waals surface area contributed by atoms with Crippen LogP contribution in [0.25, 0.3) is 11.2 Å². The number of carbonyl (C=O) groups is 1. The zero-order chi connectivity index (χ0) is 24.2. The monoisotopic (exact) mass is 465 g/mol. The number of carbonyl (C=O) groups excluding carboxylic acids is 1. The van der Waals surface area contributed by atoms with Crippen molar-refractivity contribution in [3.8, 4) is 0 Å². The molecule has 4 rings (SSSR count). The number of nitrogens with zero attached hydrogens (tertiary/aromatic N) is 6. The first kappa shape index (κ1) is 23.9. The molecule has 0 atom stereocenters. The summed E-state index contributed by atoms with van der Waals surface area (Å²) in [4.78, 5) is 38.8. The Kier molecular flexibility index (Phi) is 7.31. The van der Waals surface area contributed by atoms with Gasteiger partial charge in [-0.05, 0) is 70.0 Å². The lowest BCUT2D eigenvalue weighted by Gasteiger charge is -2.28. The summed E-state index contributed by atoms with van der Waals surface area (Å²) in [5.41, 5.74) is 2.33. The van der Waals surface area contributed by atoms with E-state index >= 15 is 0 Å². The summed E-state index contributed by atoms with van der Waals surface area (Å²) in [6.07, 6.45) is 6.83. The molecule has 0 aromatic carbocycles. The van der Waals surface area contributed by atoms with Crippen LogP contribution in [0.2, 0.25) is 0 Å². The summed E-state index contributed by atoms with van der Waals surface area (Å²) in [5.74, 6) is 1.29. The van der Waals surface area contributed by atoms with Crippen molar-refractivity contribution < 1.29 is 4.79 Å². The molecule has 0 radical (unpaired) electrons. The third-order valence-corrected chi connectivity index (χ3v) is 6.85. The van der Waals surface area contributed by atoms with Gasteiger partial charge in [0, 0.05) is 57.7 Å². The maximum absolute atomic E-state index is 13.0. The third kappa shape index (κ3) is 5.30. The van der Waals surface area contributed by atoms with Gasteiger partial charge in [-0.15, -0.1) is 0 Å². The molecule has 9 nitrogen and oxygen atoms in total. The van der Waals surface area contributed by atoms with Crippen molar-refractivity contribution >= 4 is 28.6 Å². The molecule has 3 aromatic rings. The summed E-state index contributed by atoms with van der Waals surface area (Å²) in [7, 11) is 7.94. The molecule has 182 valence electrons. The Bertz CT molecular complexity index is 1180. The molecule has 1 aliphatic rings. The number of aryl methyl sites for hydroxylation is 1. The fraction of sp³-hybridized carbons (Fsp3) is 0.520. The van der Waals surface area contributed by atoms with Gasteiger partial charge in [0.05, 0.1) is 5.52 Å². The van der Waals surface area contributed by atoms with Gasteiger partial charge in [0.15, 0.2) is 5.65 Å². The number of likely N-dealkylation sites (N-methyl/N-ethyl adjacent to an activating group) is 2. The van der Waals surface area contributed by atoms with E-state index in [9.17, 15) is 9.59 Å². The highest BCUT2D eigenvalue weighted by Gasteiger charge is 2.28. The Hall–Kier alpha value is -3.20. The number of nitrogens with one attached hydrogen (secondary N) is 1. The van der Waals surface area contributed by atoms with Crippen molar-refractivity contribution in [2.75, 3.05) is 44.4 Å². The summed E-state index contributed by atoms with van der Waals surface area (Å²) < 4.78 is 3.50. The predicted molar refractivity (Wildman–Crippen MR) is 135 cm³/mol. The SMILES string of the molecule is CN(C)CCN(C)c1ccc2c(n1)n(CC1CCC(C(=O)Nc3ccncc3)CC1)c(=O)n2C. The highest BCUT2D eigenvalue weighted by Crippen LogP contribution is 2.31. The van der Waals surface area contributed by atoms with Crippen molar-refractivity contribution in [2.24, 2.45) is 18.9 Å². The average Bonchev–Trinajstić information content (AvgIpc) is 3.07. The quantitative estimate of drug-likeness (QED) is 0.550. The van der Waals surface area contributed by atoms with Gasteiger partial charge in [-0.3, -0.25) is 18.9 Å². The van der Waals surface area contributed by atoms with E-state index < -0.39 is 0 Å². The molecule has 9 heteroatoms. The van der Waals surface area contributed by atoms with E-state index in [1.165, 1.54) is 0 Å². The van der Waals surface area contributed by atoms with Crippen LogP contribution >= 0.6 is 0 Å². The fourth-order valence-corrected chi connectivity index (χ4v) is 4.65. The third-order valence-electron chi connectivity index (χ3n) is 6.85. The molecule has 1 fully saturated rings. The van der Waals surface area contributed by atoms with Crippen LogP contribution in [0.3, 0.4) is 0 Å². The van der Waals surface area contributed by atoms with Crippen molar-refractivity contribution in [3.63, 3.8) is 0 Å². The average molecular weight is 466 g/mol. The molecule has 1 aliphatic carbocycles. The number of fused-ring (bicyclic) bond motifs is 1. The van der Waals surface area contributed by atoms with Crippen LogP contribution < -0.4 is 15.9 Å². The summed E-state index contributed by atoms with van der Waals surface area (Å²) >= 11 is 0. The first-order valence-corrected chi connectivity index (χ1v) is 12.0. The number of aromatic nitrogens is 4. The molecule has 0 saturated heterocycles. The number of rotatable bonds is 8. The maximum atomic E-state index is 13.0. The minimum absolute atomic E-state index is 0.00345. The zero-order valence-electron chi connectivity index (χ0n) is 20.6. The summed E-state index contributed by atoms with van der Waals surface area (Å²) in [6.45, 7) is 2.41. The Morgan fingerprint density at radius 1 is 1.06 bits per heavy atom. The first-order chi connectivity index (χ1) is 16.3. The highest BCUT2D eigenvalue weighted by atomic mass is 16.2. The number of hydrogen-bond donors (Lipinski definition) is 1. The van der Waals surface area contributed by atoms with E-state index in [-0.39, 0.29) is 17.5 Å². The lowest BCUT2D eigenvalue weighted by atomic mass is 9.81. The van der Waals surface area contributed by atoms with E-state index in [0.29, 0.717) is 12.5 Å². The van der Waals surface area contributed by atoms with Gasteiger partial charge in [0.25, 0.3) is 0 Å². The number of imidazole rings is 1. The molecule has 1 N–H and O–H groups in total. The summed E-state index contributed by atoms with van der Waals surface area (Å²) in [6, 6.07) is 7.57. The lowest BCUT2D eigenvalue weighted by molar-refractivity contribution is -0.121. The lowest BCUT2D eigenvalue weighted by Crippen LogP contribution is -2.31. The molecular formula is C25H35N7O2. The second-order valence-electron chi connectivity index (χ2n) is 9.63. The molecule has 0 aliphatic heterocycles. The Balaban J connectivity index is 1.43. The Morgan fingerprint density at radius 2 is 1.76 bits per heavy atom. The standard InChI is InChI=1S/C25H35N7O2/c1-29(2)15-16-30(3)22-10-9-21-23(28-22)32(25(34)31(21)4)17-18-5-7-19(8-6-18)24(33)27-20-11-13-26-14-12-20/h9-14,18-19H,5-8,15-17H2,1-4H3,(H,26,27,33). The largest absolute Gasteiger partial charge is 0.358 e. The van der Waals surface area contributed by atoms with E-state index in [1.54, 1.807) is 36.1 Å². The Labute approximate surface area is 200 Å². The number of pyridine rings is 2. The van der Waals surface area contributed by atoms with Gasteiger partial charge >= 0.3 is 5.69 Å². The minimum atomic E-state index is -0.0341. The van der Waals surface area contributed by atoms with E-state index in [2.05, 4.69) is 34.2 Å². The normalized spacial score (nSPS) is 18.4. The van der Waals surface area contributed by atoms with E-state index in [1.807, 2.05) is 23.7 Å². The number of amides is 1. The van der Waals surface area contributed by atoms with Crippen molar-refractivity contribution in [1.29, 1.82) is 0 Å². The van der Waals surface area contributed by atoms with Crippen molar-refractivity contribution in [1.82, 2.24) is 24.0 Å². The molecule has 1 saturated carbocycles. The van der Waals surface area contributed by atoms with Crippen LogP contribution in [-0.4, -0.2) is 64.1 Å². The van der Waals surface area contributed by atoms with Crippen LogP contribution in [0.15, 0.2) is 41.5 Å². The van der Waals surface area contributed by atoms with Crippen LogP contribution in [-0.2, 0) is 18.4 Å².